The van der Waals surface area contributed by atoms with E-state index in [1.807, 2.05) is 32.0 Å². The molecule has 2 aromatic rings. The van der Waals surface area contributed by atoms with E-state index in [0.29, 0.717) is 21.1 Å². The molecule has 0 aromatic heterocycles. The molecule has 0 unspecified atom stereocenters. The Morgan fingerprint density at radius 3 is 2.58 bits per heavy atom. The lowest BCUT2D eigenvalue weighted by molar-refractivity contribution is -0.123. The number of halogens is 2. The number of ether oxygens (including phenoxy) is 2. The first-order chi connectivity index (χ1) is 14.7. The van der Waals surface area contributed by atoms with Gasteiger partial charge in [-0.2, -0.15) is 0 Å². The summed E-state index contributed by atoms with van der Waals surface area (Å²) in [6.07, 6.45) is 1.49. The van der Waals surface area contributed by atoms with E-state index in [1.54, 1.807) is 13.0 Å². The number of benzene rings is 2. The molecule has 3 rings (SSSR count). The summed E-state index contributed by atoms with van der Waals surface area (Å²) >= 11 is 7.64. The molecule has 9 heteroatoms. The summed E-state index contributed by atoms with van der Waals surface area (Å²) in [6, 6.07) is 7.52. The van der Waals surface area contributed by atoms with Gasteiger partial charge in [0.1, 0.15) is 12.4 Å². The van der Waals surface area contributed by atoms with Gasteiger partial charge in [0.15, 0.2) is 11.5 Å². The number of hydrogen-bond donors (Lipinski definition) is 1. The number of carbonyl (C=O) groups excluding carboxylic acids is 2. The smallest absolute Gasteiger partial charge is 0.293 e. The maximum absolute atomic E-state index is 12.8. The van der Waals surface area contributed by atoms with Gasteiger partial charge in [0.25, 0.3) is 11.1 Å². The Bertz CT molecular complexity index is 1070. The molecule has 0 saturated carbocycles. The molecule has 0 spiro atoms. The zero-order chi connectivity index (χ0) is 22.7. The van der Waals surface area contributed by atoms with Crippen molar-refractivity contribution in [3.05, 3.63) is 54.8 Å². The van der Waals surface area contributed by atoms with E-state index < -0.39 is 5.91 Å². The average Bonchev–Trinajstić information content (AvgIpc) is 2.99. The molecule has 0 aliphatic carbocycles. The number of nitrogens with zero attached hydrogens (tertiary/aromatic N) is 1. The van der Waals surface area contributed by atoms with E-state index in [9.17, 15) is 14.7 Å². The molecule has 1 aliphatic heterocycles. The molecule has 1 saturated heterocycles. The van der Waals surface area contributed by atoms with Crippen molar-refractivity contribution in [1.29, 1.82) is 0 Å². The largest absolute Gasteiger partial charge is 0.504 e. The molecule has 2 amide bonds. The molecular weight excluding hydrogens is 550 g/mol. The number of amides is 2. The first-order valence-electron chi connectivity index (χ1n) is 9.52. The van der Waals surface area contributed by atoms with Crippen LogP contribution in [0.25, 0.3) is 6.08 Å². The fourth-order valence-electron chi connectivity index (χ4n) is 2.94. The molecule has 0 radical (unpaired) electrons. The third kappa shape index (κ3) is 5.27. The number of aromatic hydroxyl groups is 1. The summed E-state index contributed by atoms with van der Waals surface area (Å²) in [5.74, 6) is 0.477. The summed E-state index contributed by atoms with van der Waals surface area (Å²) in [5, 5.41) is 10.2. The first-order valence-corrected chi connectivity index (χ1v) is 11.9. The van der Waals surface area contributed by atoms with Crippen molar-refractivity contribution in [3.63, 3.8) is 0 Å². The second-order valence-corrected chi connectivity index (χ2v) is 9.46. The van der Waals surface area contributed by atoms with Crippen LogP contribution in [0.5, 0.6) is 17.2 Å². The van der Waals surface area contributed by atoms with Gasteiger partial charge in [-0.25, -0.2) is 0 Å². The maximum Gasteiger partial charge on any atom is 0.293 e. The van der Waals surface area contributed by atoms with Crippen LogP contribution < -0.4 is 9.47 Å². The van der Waals surface area contributed by atoms with Crippen molar-refractivity contribution in [2.24, 2.45) is 0 Å². The monoisotopic (exact) mass is 569 g/mol. The van der Waals surface area contributed by atoms with Gasteiger partial charge in [-0.05, 0) is 93.7 Å². The van der Waals surface area contributed by atoms with Gasteiger partial charge in [0, 0.05) is 14.5 Å². The highest BCUT2D eigenvalue weighted by atomic mass is 79.9. The van der Waals surface area contributed by atoms with Crippen molar-refractivity contribution in [2.45, 2.75) is 20.8 Å². The van der Waals surface area contributed by atoms with E-state index >= 15 is 0 Å². The van der Waals surface area contributed by atoms with Crippen molar-refractivity contribution in [1.82, 2.24) is 4.90 Å². The fourth-order valence-corrected chi connectivity index (χ4v) is 4.63. The van der Waals surface area contributed by atoms with Crippen LogP contribution in [0.3, 0.4) is 0 Å². The lowest BCUT2D eigenvalue weighted by Gasteiger charge is -2.15. The Balaban J connectivity index is 1.77. The molecule has 0 bridgehead atoms. The first kappa shape index (κ1) is 23.7. The second-order valence-electron chi connectivity index (χ2n) is 6.82. The van der Waals surface area contributed by atoms with Gasteiger partial charge in [-0.15, -0.1) is 0 Å². The molecule has 0 atom stereocenters. The Hall–Kier alpha value is -1.97. The number of phenols is 1. The number of imide groups is 1. The molecule has 1 N–H and O–H groups in total. The topological polar surface area (TPSA) is 76.1 Å². The number of carbonyl (C=O) groups is 2. The van der Waals surface area contributed by atoms with Gasteiger partial charge in [0.05, 0.1) is 18.1 Å². The van der Waals surface area contributed by atoms with Gasteiger partial charge < -0.3 is 14.6 Å². The quantitative estimate of drug-likeness (QED) is 0.408. The summed E-state index contributed by atoms with van der Waals surface area (Å²) in [5.41, 5.74) is 2.41. The van der Waals surface area contributed by atoms with Crippen LogP contribution in [0.1, 0.15) is 23.6 Å². The van der Waals surface area contributed by atoms with Gasteiger partial charge >= 0.3 is 0 Å². The van der Waals surface area contributed by atoms with E-state index in [2.05, 4.69) is 31.9 Å². The van der Waals surface area contributed by atoms with Gasteiger partial charge in [-0.3, -0.25) is 14.5 Å². The number of rotatable bonds is 7. The number of thioether (sulfide) groups is 1. The molecule has 31 heavy (non-hydrogen) atoms. The Morgan fingerprint density at radius 1 is 1.13 bits per heavy atom. The van der Waals surface area contributed by atoms with Crippen LogP contribution in [0.4, 0.5) is 4.79 Å². The summed E-state index contributed by atoms with van der Waals surface area (Å²) in [7, 11) is 0. The summed E-state index contributed by atoms with van der Waals surface area (Å²) < 4.78 is 12.4. The van der Waals surface area contributed by atoms with E-state index in [4.69, 9.17) is 9.47 Å². The third-order valence-electron chi connectivity index (χ3n) is 4.56. The molecular formula is C22H21Br2NO5S. The van der Waals surface area contributed by atoms with Crippen molar-refractivity contribution >= 4 is 60.8 Å². The predicted octanol–water partition coefficient (Wildman–Crippen LogP) is 6.05. The summed E-state index contributed by atoms with van der Waals surface area (Å²) in [6.45, 7) is 6.41. The number of phenolic OH excluding ortho intramolecular Hbond substituents is 1. The Kier molecular flexibility index (Phi) is 7.72. The van der Waals surface area contributed by atoms with E-state index in [0.717, 1.165) is 33.5 Å². The Morgan fingerprint density at radius 2 is 1.87 bits per heavy atom. The van der Waals surface area contributed by atoms with Crippen molar-refractivity contribution in [2.75, 3.05) is 19.8 Å². The minimum atomic E-state index is -0.427. The molecule has 164 valence electrons. The van der Waals surface area contributed by atoms with Crippen LogP contribution >= 0.6 is 43.6 Å². The molecule has 1 fully saturated rings. The third-order valence-corrected chi connectivity index (χ3v) is 7.48. The minimum absolute atomic E-state index is 0.109. The Labute approximate surface area is 201 Å². The normalized spacial score (nSPS) is 15.1. The zero-order valence-corrected chi connectivity index (χ0v) is 21.2. The SMILES string of the molecule is CCOc1cc(Br)c(Br)c(/C=C2\SC(=O)N(CCOc3cc(C)ccc3C)C2=O)c1O. The fraction of sp³-hybridized carbons (Fsp3) is 0.273. The lowest BCUT2D eigenvalue weighted by atomic mass is 10.1. The predicted molar refractivity (Wildman–Crippen MR) is 129 cm³/mol. The van der Waals surface area contributed by atoms with Crippen molar-refractivity contribution in [3.8, 4) is 17.2 Å². The number of hydrogen-bond acceptors (Lipinski definition) is 6. The molecule has 1 aliphatic rings. The average molecular weight is 571 g/mol. The van der Waals surface area contributed by atoms with Crippen LogP contribution in [0, 0.1) is 13.8 Å². The highest BCUT2D eigenvalue weighted by Crippen LogP contribution is 2.43. The minimum Gasteiger partial charge on any atom is -0.504 e. The second kappa shape index (κ2) is 10.1. The summed E-state index contributed by atoms with van der Waals surface area (Å²) in [4.78, 5) is 26.6. The van der Waals surface area contributed by atoms with Gasteiger partial charge in [0.2, 0.25) is 0 Å². The van der Waals surface area contributed by atoms with Gasteiger partial charge in [-0.1, -0.05) is 12.1 Å². The standard InChI is InChI=1S/C22H21Br2NO5S/c1-4-29-17-11-15(23)19(24)14(20(17)26)10-18-21(27)25(22(28)31-18)7-8-30-16-9-12(2)5-6-13(16)3/h5-6,9-11,26H,4,7-8H2,1-3H3/b18-10-. The highest BCUT2D eigenvalue weighted by Gasteiger charge is 2.35. The molecule has 2 aromatic carbocycles. The zero-order valence-electron chi connectivity index (χ0n) is 17.2. The highest BCUT2D eigenvalue weighted by molar-refractivity contribution is 9.13. The maximum atomic E-state index is 12.8. The lowest BCUT2D eigenvalue weighted by Crippen LogP contribution is -2.32. The number of aryl methyl sites for hydroxylation is 2. The van der Waals surface area contributed by atoms with Crippen LogP contribution in [0.2, 0.25) is 0 Å². The van der Waals surface area contributed by atoms with E-state index in [-0.39, 0.29) is 34.8 Å². The van der Waals surface area contributed by atoms with E-state index in [1.165, 1.54) is 6.08 Å². The molecule has 1 heterocycles. The van der Waals surface area contributed by atoms with Crippen LogP contribution in [0.15, 0.2) is 38.1 Å². The molecule has 6 nitrogen and oxygen atoms in total. The van der Waals surface area contributed by atoms with Crippen LogP contribution in [-0.4, -0.2) is 40.9 Å². The van der Waals surface area contributed by atoms with Crippen LogP contribution in [-0.2, 0) is 4.79 Å². The van der Waals surface area contributed by atoms with Crippen molar-refractivity contribution < 1.29 is 24.2 Å².